The van der Waals surface area contributed by atoms with E-state index in [1.165, 1.54) is 5.56 Å². The van der Waals surface area contributed by atoms with Gasteiger partial charge in [-0.3, -0.25) is 0 Å². The lowest BCUT2D eigenvalue weighted by atomic mass is 10.1. The van der Waals surface area contributed by atoms with Gasteiger partial charge in [-0.15, -0.1) is 0 Å². The molecule has 1 saturated heterocycles. The summed E-state index contributed by atoms with van der Waals surface area (Å²) in [6.45, 7) is 2.84. The molecule has 0 amide bonds. The normalized spacial score (nSPS) is 23.6. The van der Waals surface area contributed by atoms with E-state index in [2.05, 4.69) is 11.4 Å². The molecular weight excluding hydrogens is 190 g/mol. The van der Waals surface area contributed by atoms with Crippen molar-refractivity contribution in [2.45, 2.75) is 18.9 Å². The maximum Gasteiger partial charge on any atom is 0.122 e. The summed E-state index contributed by atoms with van der Waals surface area (Å²) >= 11 is 0. The first-order valence-electron chi connectivity index (χ1n) is 5.55. The monoisotopic (exact) mass is 205 g/mol. The Morgan fingerprint density at radius 3 is 3.27 bits per heavy atom. The SMILES string of the molecule is c1cc2c(cc1OC1CCNC1)CCO2. The lowest BCUT2D eigenvalue weighted by Crippen LogP contribution is -2.19. The summed E-state index contributed by atoms with van der Waals surface area (Å²) in [7, 11) is 0. The highest BCUT2D eigenvalue weighted by atomic mass is 16.5. The Labute approximate surface area is 89.4 Å². The second-order valence-electron chi connectivity index (χ2n) is 4.10. The molecule has 0 spiro atoms. The van der Waals surface area contributed by atoms with Crippen LogP contribution in [0.1, 0.15) is 12.0 Å². The molecule has 80 valence electrons. The minimum atomic E-state index is 0.338. The van der Waals surface area contributed by atoms with E-state index in [1.807, 2.05) is 12.1 Å². The molecule has 1 N–H and O–H groups in total. The third-order valence-electron chi connectivity index (χ3n) is 2.98. The van der Waals surface area contributed by atoms with Crippen LogP contribution in [0.2, 0.25) is 0 Å². The van der Waals surface area contributed by atoms with Crippen LogP contribution in [0.25, 0.3) is 0 Å². The summed E-state index contributed by atoms with van der Waals surface area (Å²) in [5, 5.41) is 3.30. The van der Waals surface area contributed by atoms with Crippen LogP contribution < -0.4 is 14.8 Å². The van der Waals surface area contributed by atoms with E-state index in [0.29, 0.717) is 6.10 Å². The van der Waals surface area contributed by atoms with Crippen LogP contribution in [0.5, 0.6) is 11.5 Å². The molecule has 3 heteroatoms. The number of hydrogen-bond acceptors (Lipinski definition) is 3. The Morgan fingerprint density at radius 2 is 2.40 bits per heavy atom. The second-order valence-corrected chi connectivity index (χ2v) is 4.10. The van der Waals surface area contributed by atoms with Crippen molar-refractivity contribution in [1.82, 2.24) is 5.32 Å². The molecule has 2 aliphatic rings. The fourth-order valence-electron chi connectivity index (χ4n) is 2.16. The molecule has 0 aromatic heterocycles. The van der Waals surface area contributed by atoms with Crippen molar-refractivity contribution in [2.75, 3.05) is 19.7 Å². The first kappa shape index (κ1) is 9.04. The zero-order valence-corrected chi connectivity index (χ0v) is 8.66. The Balaban J connectivity index is 1.75. The number of benzene rings is 1. The van der Waals surface area contributed by atoms with Gasteiger partial charge in [0, 0.05) is 18.5 Å². The predicted octanol–water partition coefficient (Wildman–Crippen LogP) is 1.36. The molecule has 0 saturated carbocycles. The summed E-state index contributed by atoms with van der Waals surface area (Å²) in [5.41, 5.74) is 1.28. The van der Waals surface area contributed by atoms with E-state index in [4.69, 9.17) is 9.47 Å². The Morgan fingerprint density at radius 1 is 1.40 bits per heavy atom. The Kier molecular flexibility index (Phi) is 2.25. The van der Waals surface area contributed by atoms with Crippen LogP contribution in [-0.2, 0) is 6.42 Å². The molecule has 1 unspecified atom stereocenters. The zero-order valence-electron chi connectivity index (χ0n) is 8.66. The number of ether oxygens (including phenoxy) is 2. The fourth-order valence-corrected chi connectivity index (χ4v) is 2.16. The average molecular weight is 205 g/mol. The summed E-state index contributed by atoms with van der Waals surface area (Å²) in [4.78, 5) is 0. The summed E-state index contributed by atoms with van der Waals surface area (Å²) in [6, 6.07) is 6.13. The predicted molar refractivity (Wildman–Crippen MR) is 57.5 cm³/mol. The van der Waals surface area contributed by atoms with E-state index >= 15 is 0 Å². The number of hydrogen-bond donors (Lipinski definition) is 1. The molecule has 1 aromatic carbocycles. The number of nitrogens with one attached hydrogen (secondary N) is 1. The van der Waals surface area contributed by atoms with Gasteiger partial charge in [0.05, 0.1) is 6.61 Å². The van der Waals surface area contributed by atoms with Crippen LogP contribution in [-0.4, -0.2) is 25.8 Å². The standard InChI is InChI=1S/C12H15NO2/c1-2-12-9(4-6-14-12)7-10(1)15-11-3-5-13-8-11/h1-2,7,11,13H,3-6,8H2. The Bertz CT molecular complexity index is 359. The number of fused-ring (bicyclic) bond motifs is 1. The molecule has 1 fully saturated rings. The summed E-state index contributed by atoms with van der Waals surface area (Å²) in [6.07, 6.45) is 2.45. The molecule has 0 radical (unpaired) electrons. The average Bonchev–Trinajstić information content (AvgIpc) is 2.87. The van der Waals surface area contributed by atoms with Gasteiger partial charge in [0.15, 0.2) is 0 Å². The summed E-state index contributed by atoms with van der Waals surface area (Å²) in [5.74, 6) is 2.00. The highest BCUT2D eigenvalue weighted by Gasteiger charge is 2.17. The molecule has 1 atom stereocenters. The minimum absolute atomic E-state index is 0.338. The highest BCUT2D eigenvalue weighted by Crippen LogP contribution is 2.29. The van der Waals surface area contributed by atoms with Gasteiger partial charge < -0.3 is 14.8 Å². The van der Waals surface area contributed by atoms with E-state index < -0.39 is 0 Å². The lowest BCUT2D eigenvalue weighted by Gasteiger charge is -2.12. The molecule has 15 heavy (non-hydrogen) atoms. The van der Waals surface area contributed by atoms with Gasteiger partial charge in [0.2, 0.25) is 0 Å². The molecule has 3 nitrogen and oxygen atoms in total. The van der Waals surface area contributed by atoms with Gasteiger partial charge in [0.1, 0.15) is 17.6 Å². The van der Waals surface area contributed by atoms with Gasteiger partial charge in [-0.1, -0.05) is 0 Å². The van der Waals surface area contributed by atoms with E-state index in [-0.39, 0.29) is 0 Å². The van der Waals surface area contributed by atoms with Crippen LogP contribution >= 0.6 is 0 Å². The van der Waals surface area contributed by atoms with Crippen molar-refractivity contribution in [3.63, 3.8) is 0 Å². The van der Waals surface area contributed by atoms with Crippen LogP contribution in [0.3, 0.4) is 0 Å². The molecule has 0 bridgehead atoms. The second kappa shape index (κ2) is 3.74. The minimum Gasteiger partial charge on any atom is -0.493 e. The topological polar surface area (TPSA) is 30.5 Å². The van der Waals surface area contributed by atoms with Gasteiger partial charge in [-0.2, -0.15) is 0 Å². The quantitative estimate of drug-likeness (QED) is 0.790. The molecule has 1 aromatic rings. The highest BCUT2D eigenvalue weighted by molar-refractivity contribution is 5.42. The molecule has 2 aliphatic heterocycles. The zero-order chi connectivity index (χ0) is 10.1. The first-order chi connectivity index (χ1) is 7.42. The van der Waals surface area contributed by atoms with Crippen molar-refractivity contribution in [2.24, 2.45) is 0 Å². The first-order valence-corrected chi connectivity index (χ1v) is 5.55. The number of rotatable bonds is 2. The van der Waals surface area contributed by atoms with Gasteiger partial charge >= 0.3 is 0 Å². The molecule has 3 rings (SSSR count). The van der Waals surface area contributed by atoms with Crippen LogP contribution in [0.15, 0.2) is 18.2 Å². The molecular formula is C12H15NO2. The van der Waals surface area contributed by atoms with Crippen molar-refractivity contribution < 1.29 is 9.47 Å². The smallest absolute Gasteiger partial charge is 0.122 e. The lowest BCUT2D eigenvalue weighted by molar-refractivity contribution is 0.223. The maximum atomic E-state index is 5.88. The van der Waals surface area contributed by atoms with E-state index in [9.17, 15) is 0 Å². The third-order valence-corrected chi connectivity index (χ3v) is 2.98. The van der Waals surface area contributed by atoms with Crippen molar-refractivity contribution in [1.29, 1.82) is 0 Å². The maximum absolute atomic E-state index is 5.88. The molecule has 0 aliphatic carbocycles. The van der Waals surface area contributed by atoms with Crippen molar-refractivity contribution in [3.8, 4) is 11.5 Å². The van der Waals surface area contributed by atoms with Crippen molar-refractivity contribution >= 4 is 0 Å². The third kappa shape index (κ3) is 1.79. The van der Waals surface area contributed by atoms with Gasteiger partial charge in [-0.25, -0.2) is 0 Å². The molecule has 2 heterocycles. The summed E-state index contributed by atoms with van der Waals surface area (Å²) < 4.78 is 11.3. The fraction of sp³-hybridized carbons (Fsp3) is 0.500. The van der Waals surface area contributed by atoms with Crippen LogP contribution in [0, 0.1) is 0 Å². The van der Waals surface area contributed by atoms with Crippen molar-refractivity contribution in [3.05, 3.63) is 23.8 Å². The van der Waals surface area contributed by atoms with E-state index in [1.54, 1.807) is 0 Å². The Hall–Kier alpha value is -1.22. The largest absolute Gasteiger partial charge is 0.493 e. The van der Waals surface area contributed by atoms with Crippen LogP contribution in [0.4, 0.5) is 0 Å². The van der Waals surface area contributed by atoms with Gasteiger partial charge in [-0.05, 0) is 31.2 Å². The van der Waals surface area contributed by atoms with E-state index in [0.717, 1.165) is 44.0 Å². The van der Waals surface area contributed by atoms with Gasteiger partial charge in [0.25, 0.3) is 0 Å².